The largest absolute Gasteiger partial charge is 0.495 e. The van der Waals surface area contributed by atoms with Gasteiger partial charge in [0.15, 0.2) is 0 Å². The minimum atomic E-state index is -0.0277. The summed E-state index contributed by atoms with van der Waals surface area (Å²) in [7, 11) is 1.60. The Morgan fingerprint density at radius 1 is 1.19 bits per heavy atom. The molecule has 0 aliphatic rings. The van der Waals surface area contributed by atoms with Crippen molar-refractivity contribution in [2.45, 2.75) is 32.4 Å². The van der Waals surface area contributed by atoms with E-state index in [9.17, 15) is 4.79 Å². The quantitative estimate of drug-likeness (QED) is 0.569. The van der Waals surface area contributed by atoms with Crippen LogP contribution < -0.4 is 15.4 Å². The van der Waals surface area contributed by atoms with Gasteiger partial charge in [0.2, 0.25) is 5.91 Å². The van der Waals surface area contributed by atoms with Crippen LogP contribution in [-0.4, -0.2) is 35.2 Å². The zero-order chi connectivity index (χ0) is 19.1. The maximum absolute atomic E-state index is 12.2. The second-order valence-electron chi connectivity index (χ2n) is 6.59. The first-order valence-electron chi connectivity index (χ1n) is 9.23. The average Bonchev–Trinajstić information content (AvgIpc) is 3.09. The summed E-state index contributed by atoms with van der Waals surface area (Å²) in [5.41, 5.74) is 2.87. The molecule has 3 aromatic rings. The van der Waals surface area contributed by atoms with Gasteiger partial charge in [-0.3, -0.25) is 4.79 Å². The fraction of sp³-hybridized carbons (Fsp3) is 0.333. The zero-order valence-electron chi connectivity index (χ0n) is 15.8. The van der Waals surface area contributed by atoms with E-state index >= 15 is 0 Å². The first-order valence-corrected chi connectivity index (χ1v) is 9.23. The Morgan fingerprint density at radius 2 is 1.96 bits per heavy atom. The SMILES string of the molecule is COc1ccccc1NC(=O)C[C@@H](C)NCCCn1cnc2ccccc21. The molecule has 142 valence electrons. The molecule has 0 spiro atoms. The summed E-state index contributed by atoms with van der Waals surface area (Å²) in [5.74, 6) is 0.638. The van der Waals surface area contributed by atoms with Crippen molar-refractivity contribution in [1.29, 1.82) is 0 Å². The van der Waals surface area contributed by atoms with E-state index in [1.807, 2.05) is 55.7 Å². The number of fused-ring (bicyclic) bond motifs is 1. The third-order valence-electron chi connectivity index (χ3n) is 4.47. The highest BCUT2D eigenvalue weighted by Crippen LogP contribution is 2.23. The Hall–Kier alpha value is -2.86. The van der Waals surface area contributed by atoms with Gasteiger partial charge in [0.1, 0.15) is 5.75 Å². The highest BCUT2D eigenvalue weighted by atomic mass is 16.5. The third kappa shape index (κ3) is 5.08. The van der Waals surface area contributed by atoms with E-state index in [-0.39, 0.29) is 11.9 Å². The number of carbonyl (C=O) groups is 1. The monoisotopic (exact) mass is 366 g/mol. The Kier molecular flexibility index (Phi) is 6.44. The molecule has 6 nitrogen and oxygen atoms in total. The van der Waals surface area contributed by atoms with E-state index in [1.165, 1.54) is 0 Å². The Bertz CT molecular complexity index is 891. The van der Waals surface area contributed by atoms with Gasteiger partial charge in [-0.1, -0.05) is 24.3 Å². The van der Waals surface area contributed by atoms with Crippen LogP contribution in [0.2, 0.25) is 0 Å². The number of carbonyl (C=O) groups excluding carboxylic acids is 1. The number of hydrogen-bond acceptors (Lipinski definition) is 4. The van der Waals surface area contributed by atoms with Gasteiger partial charge in [0, 0.05) is 19.0 Å². The molecular weight excluding hydrogens is 340 g/mol. The molecule has 0 unspecified atom stereocenters. The van der Waals surface area contributed by atoms with Gasteiger partial charge in [-0.2, -0.15) is 0 Å². The van der Waals surface area contributed by atoms with Crippen LogP contribution >= 0.6 is 0 Å². The molecule has 2 N–H and O–H groups in total. The van der Waals surface area contributed by atoms with Gasteiger partial charge in [0.05, 0.1) is 30.2 Å². The highest BCUT2D eigenvalue weighted by molar-refractivity contribution is 5.92. The maximum atomic E-state index is 12.2. The summed E-state index contributed by atoms with van der Waals surface area (Å²) in [6.07, 6.45) is 3.26. The lowest BCUT2D eigenvalue weighted by Crippen LogP contribution is -2.31. The van der Waals surface area contributed by atoms with E-state index in [2.05, 4.69) is 26.3 Å². The number of methoxy groups -OCH3 is 1. The normalized spacial score (nSPS) is 12.1. The highest BCUT2D eigenvalue weighted by Gasteiger charge is 2.11. The maximum Gasteiger partial charge on any atom is 0.226 e. The molecule has 27 heavy (non-hydrogen) atoms. The van der Waals surface area contributed by atoms with Crippen molar-refractivity contribution in [1.82, 2.24) is 14.9 Å². The lowest BCUT2D eigenvalue weighted by atomic mass is 10.2. The lowest BCUT2D eigenvalue weighted by Gasteiger charge is -2.15. The van der Waals surface area contributed by atoms with Crippen molar-refractivity contribution in [2.75, 3.05) is 19.0 Å². The van der Waals surface area contributed by atoms with E-state index in [0.717, 1.165) is 30.5 Å². The van der Waals surface area contributed by atoms with Crippen LogP contribution in [0.4, 0.5) is 5.69 Å². The van der Waals surface area contributed by atoms with Crippen LogP contribution in [0.3, 0.4) is 0 Å². The predicted octanol–water partition coefficient (Wildman–Crippen LogP) is 3.44. The van der Waals surface area contributed by atoms with E-state index in [1.54, 1.807) is 7.11 Å². The molecular formula is C21H26N4O2. The number of rotatable bonds is 9. The van der Waals surface area contributed by atoms with Crippen molar-refractivity contribution >= 4 is 22.6 Å². The molecule has 1 atom stereocenters. The number of nitrogens with zero attached hydrogens (tertiary/aromatic N) is 2. The molecule has 0 radical (unpaired) electrons. The Labute approximate surface area is 159 Å². The Morgan fingerprint density at radius 3 is 2.81 bits per heavy atom. The number of imidazole rings is 1. The van der Waals surface area contributed by atoms with Crippen molar-refractivity contribution < 1.29 is 9.53 Å². The molecule has 1 aromatic heterocycles. The number of ether oxygens (including phenoxy) is 1. The van der Waals surface area contributed by atoms with Gasteiger partial charge in [0.25, 0.3) is 0 Å². The third-order valence-corrected chi connectivity index (χ3v) is 4.47. The van der Waals surface area contributed by atoms with Crippen molar-refractivity contribution in [3.8, 4) is 5.75 Å². The number of aromatic nitrogens is 2. The Balaban J connectivity index is 1.40. The van der Waals surface area contributed by atoms with Gasteiger partial charge < -0.3 is 19.9 Å². The summed E-state index contributed by atoms with van der Waals surface area (Å²) in [6, 6.07) is 15.6. The standard InChI is InChI=1S/C21H26N4O2/c1-16(14-21(26)24-18-9-4-6-11-20(18)27-2)22-12-7-13-25-15-23-17-8-3-5-10-19(17)25/h3-6,8-11,15-16,22H,7,12-14H2,1-2H3,(H,24,26)/t16-/m1/s1. The van der Waals surface area contributed by atoms with Crippen LogP contribution in [0.25, 0.3) is 11.0 Å². The molecule has 1 heterocycles. The van der Waals surface area contributed by atoms with Crippen LogP contribution in [0.15, 0.2) is 54.9 Å². The molecule has 3 rings (SSSR count). The second kappa shape index (κ2) is 9.19. The summed E-state index contributed by atoms with van der Waals surface area (Å²) in [4.78, 5) is 16.6. The molecule has 6 heteroatoms. The number of hydrogen-bond donors (Lipinski definition) is 2. The molecule has 0 fully saturated rings. The summed E-state index contributed by atoms with van der Waals surface area (Å²) in [6.45, 7) is 3.76. The van der Waals surface area contributed by atoms with Gasteiger partial charge in [-0.05, 0) is 44.2 Å². The fourth-order valence-corrected chi connectivity index (χ4v) is 3.09. The molecule has 1 amide bonds. The van der Waals surface area contributed by atoms with Crippen LogP contribution in [0, 0.1) is 0 Å². The van der Waals surface area contributed by atoms with Gasteiger partial charge in [-0.15, -0.1) is 0 Å². The first kappa shape index (κ1) is 18.9. The van der Waals surface area contributed by atoms with Crippen molar-refractivity contribution in [3.05, 3.63) is 54.9 Å². The zero-order valence-corrected chi connectivity index (χ0v) is 15.8. The number of anilines is 1. The predicted molar refractivity (Wildman–Crippen MR) is 108 cm³/mol. The number of para-hydroxylation sites is 4. The second-order valence-corrected chi connectivity index (χ2v) is 6.59. The van der Waals surface area contributed by atoms with Crippen LogP contribution in [0.5, 0.6) is 5.75 Å². The number of amides is 1. The summed E-state index contributed by atoms with van der Waals surface area (Å²) in [5, 5.41) is 6.32. The molecule has 0 saturated carbocycles. The molecule has 0 aliphatic heterocycles. The molecule has 0 bridgehead atoms. The van der Waals surface area contributed by atoms with E-state index < -0.39 is 0 Å². The lowest BCUT2D eigenvalue weighted by molar-refractivity contribution is -0.116. The number of benzene rings is 2. The summed E-state index contributed by atoms with van der Waals surface area (Å²) >= 11 is 0. The van der Waals surface area contributed by atoms with Crippen LogP contribution in [0.1, 0.15) is 19.8 Å². The smallest absolute Gasteiger partial charge is 0.226 e. The number of nitrogens with one attached hydrogen (secondary N) is 2. The van der Waals surface area contributed by atoms with Crippen molar-refractivity contribution in [2.24, 2.45) is 0 Å². The average molecular weight is 366 g/mol. The fourth-order valence-electron chi connectivity index (χ4n) is 3.09. The topological polar surface area (TPSA) is 68.2 Å². The van der Waals surface area contributed by atoms with Gasteiger partial charge in [-0.25, -0.2) is 4.98 Å². The molecule has 0 aliphatic carbocycles. The number of aryl methyl sites for hydroxylation is 1. The molecule has 2 aromatic carbocycles. The van der Waals surface area contributed by atoms with E-state index in [0.29, 0.717) is 17.9 Å². The first-order chi connectivity index (χ1) is 13.2. The van der Waals surface area contributed by atoms with E-state index in [4.69, 9.17) is 4.74 Å². The van der Waals surface area contributed by atoms with Gasteiger partial charge >= 0.3 is 0 Å². The minimum absolute atomic E-state index is 0.0277. The van der Waals surface area contributed by atoms with Crippen LogP contribution in [-0.2, 0) is 11.3 Å². The van der Waals surface area contributed by atoms with Crippen molar-refractivity contribution in [3.63, 3.8) is 0 Å². The molecule has 0 saturated heterocycles. The minimum Gasteiger partial charge on any atom is -0.495 e. The summed E-state index contributed by atoms with van der Waals surface area (Å²) < 4.78 is 7.42.